The van der Waals surface area contributed by atoms with Gasteiger partial charge in [-0.3, -0.25) is 4.99 Å². The second-order valence-corrected chi connectivity index (χ2v) is 5.92. The summed E-state index contributed by atoms with van der Waals surface area (Å²) in [6.45, 7) is 9.36. The van der Waals surface area contributed by atoms with Gasteiger partial charge in [-0.2, -0.15) is 0 Å². The molecule has 0 bridgehead atoms. The van der Waals surface area contributed by atoms with Gasteiger partial charge in [0.2, 0.25) is 0 Å². The van der Waals surface area contributed by atoms with Crippen molar-refractivity contribution in [1.29, 1.82) is 0 Å². The normalized spacial score (nSPS) is 13.3. The molecule has 19 heavy (non-hydrogen) atoms. The van der Waals surface area contributed by atoms with Gasteiger partial charge < -0.3 is 10.6 Å². The average Bonchev–Trinajstić information content (AvgIpc) is 2.89. The molecule has 0 aliphatic rings. The van der Waals surface area contributed by atoms with Crippen molar-refractivity contribution in [1.82, 2.24) is 10.6 Å². The van der Waals surface area contributed by atoms with Gasteiger partial charge in [0.1, 0.15) is 0 Å². The van der Waals surface area contributed by atoms with E-state index in [0.717, 1.165) is 32.0 Å². The molecule has 0 spiro atoms. The Bertz CT molecular complexity index is 346. The fourth-order valence-corrected chi connectivity index (χ4v) is 2.68. The van der Waals surface area contributed by atoms with Crippen LogP contribution in [0.25, 0.3) is 0 Å². The van der Waals surface area contributed by atoms with Crippen LogP contribution < -0.4 is 10.6 Å². The van der Waals surface area contributed by atoms with Crippen molar-refractivity contribution >= 4 is 17.3 Å². The Morgan fingerprint density at radius 2 is 2.21 bits per heavy atom. The molecule has 1 rings (SSSR count). The van der Waals surface area contributed by atoms with Crippen LogP contribution in [0.15, 0.2) is 22.5 Å². The number of unbranched alkanes of at least 4 members (excludes halogenated alkanes) is 1. The van der Waals surface area contributed by atoms with E-state index in [9.17, 15) is 0 Å². The fourth-order valence-electron chi connectivity index (χ4n) is 1.81. The molecule has 4 heteroatoms. The number of thiophene rings is 1. The van der Waals surface area contributed by atoms with Crippen molar-refractivity contribution in [2.75, 3.05) is 19.6 Å². The molecule has 0 aliphatic carbocycles. The van der Waals surface area contributed by atoms with Gasteiger partial charge in [0, 0.05) is 24.5 Å². The SMILES string of the molecule is CCCCNC(=NCC(C)Cc1cccs1)NCC. The Labute approximate surface area is 121 Å². The molecule has 1 aromatic heterocycles. The quantitative estimate of drug-likeness (QED) is 0.436. The number of guanidine groups is 1. The molecule has 1 heterocycles. The molecule has 0 amide bonds. The van der Waals surface area contributed by atoms with E-state index >= 15 is 0 Å². The zero-order chi connectivity index (χ0) is 13.9. The Hall–Kier alpha value is -1.03. The van der Waals surface area contributed by atoms with Crippen LogP contribution in [0, 0.1) is 5.92 Å². The lowest BCUT2D eigenvalue weighted by Gasteiger charge is -2.12. The average molecular weight is 281 g/mol. The Morgan fingerprint density at radius 1 is 1.37 bits per heavy atom. The van der Waals surface area contributed by atoms with Crippen molar-refractivity contribution in [3.63, 3.8) is 0 Å². The first-order chi connectivity index (χ1) is 9.26. The Kier molecular flexibility index (Phi) is 8.30. The second-order valence-electron chi connectivity index (χ2n) is 4.89. The van der Waals surface area contributed by atoms with Gasteiger partial charge in [0.05, 0.1) is 0 Å². The lowest BCUT2D eigenvalue weighted by atomic mass is 10.1. The van der Waals surface area contributed by atoms with Crippen molar-refractivity contribution in [2.45, 2.75) is 40.0 Å². The van der Waals surface area contributed by atoms with Crippen LogP contribution in [0.2, 0.25) is 0 Å². The second kappa shape index (κ2) is 9.84. The molecule has 0 saturated heterocycles. The highest BCUT2D eigenvalue weighted by atomic mass is 32.1. The molecule has 108 valence electrons. The van der Waals surface area contributed by atoms with E-state index in [1.165, 1.54) is 17.7 Å². The van der Waals surface area contributed by atoms with Crippen LogP contribution in [-0.2, 0) is 6.42 Å². The van der Waals surface area contributed by atoms with Gasteiger partial charge in [-0.25, -0.2) is 0 Å². The first-order valence-corrected chi connectivity index (χ1v) is 8.18. The summed E-state index contributed by atoms with van der Waals surface area (Å²) in [5.74, 6) is 1.54. The third-order valence-electron chi connectivity index (χ3n) is 2.86. The monoisotopic (exact) mass is 281 g/mol. The van der Waals surface area contributed by atoms with E-state index in [4.69, 9.17) is 0 Å². The Balaban J connectivity index is 2.35. The van der Waals surface area contributed by atoms with Crippen LogP contribution in [0.5, 0.6) is 0 Å². The van der Waals surface area contributed by atoms with E-state index in [-0.39, 0.29) is 0 Å². The predicted octanol–water partition coefficient (Wildman–Crippen LogP) is 3.28. The minimum absolute atomic E-state index is 0.584. The summed E-state index contributed by atoms with van der Waals surface area (Å²) in [5, 5.41) is 8.82. The number of aliphatic imine (C=N–C) groups is 1. The minimum atomic E-state index is 0.584. The summed E-state index contributed by atoms with van der Waals surface area (Å²) in [4.78, 5) is 6.12. The van der Waals surface area contributed by atoms with E-state index in [0.29, 0.717) is 5.92 Å². The van der Waals surface area contributed by atoms with E-state index in [1.54, 1.807) is 0 Å². The maximum Gasteiger partial charge on any atom is 0.191 e. The summed E-state index contributed by atoms with van der Waals surface area (Å²) >= 11 is 1.83. The van der Waals surface area contributed by atoms with Crippen LogP contribution in [0.4, 0.5) is 0 Å². The molecule has 1 unspecified atom stereocenters. The van der Waals surface area contributed by atoms with E-state index in [2.05, 4.69) is 53.9 Å². The first kappa shape index (κ1) is 16.0. The van der Waals surface area contributed by atoms with Gasteiger partial charge in [-0.1, -0.05) is 26.3 Å². The lowest BCUT2D eigenvalue weighted by molar-refractivity contribution is 0.594. The first-order valence-electron chi connectivity index (χ1n) is 7.30. The van der Waals surface area contributed by atoms with Gasteiger partial charge in [0.25, 0.3) is 0 Å². The minimum Gasteiger partial charge on any atom is -0.357 e. The summed E-state index contributed by atoms with van der Waals surface area (Å²) in [7, 11) is 0. The van der Waals surface area contributed by atoms with Gasteiger partial charge >= 0.3 is 0 Å². The predicted molar refractivity (Wildman–Crippen MR) is 86.1 cm³/mol. The number of nitrogens with zero attached hydrogens (tertiary/aromatic N) is 1. The molecule has 2 N–H and O–H groups in total. The molecule has 1 atom stereocenters. The third-order valence-corrected chi connectivity index (χ3v) is 3.76. The fraction of sp³-hybridized carbons (Fsp3) is 0.667. The third kappa shape index (κ3) is 7.21. The number of hydrogen-bond donors (Lipinski definition) is 2. The van der Waals surface area contributed by atoms with Crippen molar-refractivity contribution in [3.05, 3.63) is 22.4 Å². The molecule has 0 aromatic carbocycles. The van der Waals surface area contributed by atoms with Gasteiger partial charge in [0.15, 0.2) is 5.96 Å². The summed E-state index contributed by atoms with van der Waals surface area (Å²) < 4.78 is 0. The number of rotatable bonds is 8. The summed E-state index contributed by atoms with van der Waals surface area (Å²) in [6.07, 6.45) is 3.52. The highest BCUT2D eigenvalue weighted by Gasteiger charge is 2.04. The molecule has 3 nitrogen and oxygen atoms in total. The molecule has 0 saturated carbocycles. The van der Waals surface area contributed by atoms with Crippen LogP contribution >= 0.6 is 11.3 Å². The molecular formula is C15H27N3S. The molecular weight excluding hydrogens is 254 g/mol. The summed E-state index contributed by atoms with van der Waals surface area (Å²) in [5.41, 5.74) is 0. The molecule has 0 aliphatic heterocycles. The standard InChI is InChI=1S/C15H27N3S/c1-4-6-9-17-15(16-5-2)18-12-13(3)11-14-8-7-10-19-14/h7-8,10,13H,4-6,9,11-12H2,1-3H3,(H2,16,17,18). The van der Waals surface area contributed by atoms with Gasteiger partial charge in [-0.05, 0) is 37.1 Å². The van der Waals surface area contributed by atoms with E-state index < -0.39 is 0 Å². The summed E-state index contributed by atoms with van der Waals surface area (Å²) in [6, 6.07) is 4.32. The van der Waals surface area contributed by atoms with Crippen molar-refractivity contribution < 1.29 is 0 Å². The number of nitrogens with one attached hydrogen (secondary N) is 2. The van der Waals surface area contributed by atoms with Crippen molar-refractivity contribution in [2.24, 2.45) is 10.9 Å². The van der Waals surface area contributed by atoms with E-state index in [1.807, 2.05) is 11.3 Å². The Morgan fingerprint density at radius 3 is 2.84 bits per heavy atom. The molecule has 1 aromatic rings. The highest BCUT2D eigenvalue weighted by Crippen LogP contribution is 2.14. The van der Waals surface area contributed by atoms with Crippen molar-refractivity contribution in [3.8, 4) is 0 Å². The largest absolute Gasteiger partial charge is 0.357 e. The highest BCUT2D eigenvalue weighted by molar-refractivity contribution is 7.09. The lowest BCUT2D eigenvalue weighted by Crippen LogP contribution is -2.38. The topological polar surface area (TPSA) is 36.4 Å². The number of hydrogen-bond acceptors (Lipinski definition) is 2. The molecule has 0 radical (unpaired) electrons. The van der Waals surface area contributed by atoms with Gasteiger partial charge in [-0.15, -0.1) is 11.3 Å². The zero-order valence-electron chi connectivity index (χ0n) is 12.4. The maximum absolute atomic E-state index is 4.66. The molecule has 0 fully saturated rings. The van der Waals surface area contributed by atoms with Crippen LogP contribution in [-0.4, -0.2) is 25.6 Å². The van der Waals surface area contributed by atoms with Crippen LogP contribution in [0.3, 0.4) is 0 Å². The van der Waals surface area contributed by atoms with Crippen LogP contribution in [0.1, 0.15) is 38.5 Å². The maximum atomic E-state index is 4.66. The zero-order valence-corrected chi connectivity index (χ0v) is 13.2. The smallest absolute Gasteiger partial charge is 0.191 e.